The Morgan fingerprint density at radius 2 is 1.47 bits per heavy atom. The van der Waals surface area contributed by atoms with Crippen molar-refractivity contribution in [3.8, 4) is 0 Å². The lowest BCUT2D eigenvalue weighted by Crippen LogP contribution is -2.31. The van der Waals surface area contributed by atoms with Gasteiger partial charge < -0.3 is 10.1 Å². The van der Waals surface area contributed by atoms with Crippen molar-refractivity contribution < 1.29 is 14.3 Å². The summed E-state index contributed by atoms with van der Waals surface area (Å²) in [6.45, 7) is 1.46. The van der Waals surface area contributed by atoms with Crippen molar-refractivity contribution in [2.45, 2.75) is 13.0 Å². The SMILES string of the molecule is C[C@H](NC(=O)COC(=O)c1c2ccccc2cc2ccccc12)c1ccccc1Cl. The van der Waals surface area contributed by atoms with E-state index in [1.165, 1.54) is 0 Å². The van der Waals surface area contributed by atoms with Crippen LogP contribution >= 0.6 is 11.6 Å². The second kappa shape index (κ2) is 8.56. The van der Waals surface area contributed by atoms with Gasteiger partial charge in [-0.15, -0.1) is 0 Å². The molecule has 0 saturated carbocycles. The Kier molecular flexibility index (Phi) is 5.68. The minimum Gasteiger partial charge on any atom is -0.452 e. The van der Waals surface area contributed by atoms with Gasteiger partial charge in [-0.3, -0.25) is 4.79 Å². The predicted octanol–water partition coefficient (Wildman–Crippen LogP) is 5.68. The molecule has 1 N–H and O–H groups in total. The molecular formula is C25H20ClNO3. The van der Waals surface area contributed by atoms with Gasteiger partial charge in [-0.05, 0) is 46.2 Å². The Morgan fingerprint density at radius 3 is 2.10 bits per heavy atom. The fourth-order valence-corrected chi connectivity index (χ4v) is 3.92. The van der Waals surface area contributed by atoms with Crippen LogP contribution < -0.4 is 5.32 Å². The molecule has 0 aliphatic heterocycles. The summed E-state index contributed by atoms with van der Waals surface area (Å²) in [6, 6.07) is 24.3. The number of ether oxygens (including phenoxy) is 1. The van der Waals surface area contributed by atoms with E-state index in [1.54, 1.807) is 6.07 Å². The van der Waals surface area contributed by atoms with E-state index in [0.717, 1.165) is 27.1 Å². The zero-order valence-corrected chi connectivity index (χ0v) is 17.1. The molecule has 30 heavy (non-hydrogen) atoms. The molecule has 0 radical (unpaired) electrons. The van der Waals surface area contributed by atoms with Gasteiger partial charge in [-0.25, -0.2) is 4.79 Å². The van der Waals surface area contributed by atoms with Crippen LogP contribution in [0.3, 0.4) is 0 Å². The number of benzene rings is 4. The summed E-state index contributed by atoms with van der Waals surface area (Å²) >= 11 is 6.18. The monoisotopic (exact) mass is 417 g/mol. The lowest BCUT2D eigenvalue weighted by molar-refractivity contribution is -0.124. The average molecular weight is 418 g/mol. The molecule has 5 heteroatoms. The Hall–Kier alpha value is -3.37. The number of hydrogen-bond donors (Lipinski definition) is 1. The first-order valence-electron chi connectivity index (χ1n) is 9.66. The molecule has 0 fully saturated rings. The van der Waals surface area contributed by atoms with Gasteiger partial charge in [0, 0.05) is 5.02 Å². The summed E-state index contributed by atoms with van der Waals surface area (Å²) in [5.41, 5.74) is 1.27. The number of hydrogen-bond acceptors (Lipinski definition) is 3. The maximum atomic E-state index is 13.0. The van der Waals surface area contributed by atoms with E-state index in [2.05, 4.69) is 5.32 Å². The van der Waals surface area contributed by atoms with Gasteiger partial charge in [-0.2, -0.15) is 0 Å². The summed E-state index contributed by atoms with van der Waals surface area (Å²) in [5.74, 6) is -0.913. The van der Waals surface area contributed by atoms with Crippen molar-refractivity contribution in [3.63, 3.8) is 0 Å². The Balaban J connectivity index is 1.53. The van der Waals surface area contributed by atoms with Gasteiger partial charge in [0.15, 0.2) is 6.61 Å². The highest BCUT2D eigenvalue weighted by Crippen LogP contribution is 2.29. The van der Waals surface area contributed by atoms with Crippen molar-refractivity contribution >= 4 is 45.0 Å². The Morgan fingerprint density at radius 1 is 0.900 bits per heavy atom. The summed E-state index contributed by atoms with van der Waals surface area (Å²) in [4.78, 5) is 25.3. The van der Waals surface area contributed by atoms with Crippen LogP contribution in [0, 0.1) is 0 Å². The lowest BCUT2D eigenvalue weighted by Gasteiger charge is -2.16. The van der Waals surface area contributed by atoms with Crippen LogP contribution in [0.1, 0.15) is 28.9 Å². The number of esters is 1. The van der Waals surface area contributed by atoms with E-state index in [0.29, 0.717) is 10.6 Å². The van der Waals surface area contributed by atoms with Gasteiger partial charge in [0.1, 0.15) is 0 Å². The molecule has 0 aliphatic rings. The molecule has 0 spiro atoms. The molecule has 0 aromatic heterocycles. The predicted molar refractivity (Wildman–Crippen MR) is 120 cm³/mol. The lowest BCUT2D eigenvalue weighted by atomic mass is 9.97. The number of carbonyl (C=O) groups excluding carboxylic acids is 2. The van der Waals surface area contributed by atoms with Crippen molar-refractivity contribution in [3.05, 3.63) is 95.0 Å². The van der Waals surface area contributed by atoms with E-state index in [1.807, 2.05) is 79.7 Å². The molecule has 0 unspecified atom stereocenters. The second-order valence-corrected chi connectivity index (χ2v) is 7.49. The quantitative estimate of drug-likeness (QED) is 0.335. The molecule has 0 saturated heterocycles. The van der Waals surface area contributed by atoms with Crippen molar-refractivity contribution in [2.24, 2.45) is 0 Å². The number of nitrogens with one attached hydrogen (secondary N) is 1. The third-order valence-electron chi connectivity index (χ3n) is 5.06. The molecule has 4 nitrogen and oxygen atoms in total. The van der Waals surface area contributed by atoms with Crippen LogP contribution in [0.25, 0.3) is 21.5 Å². The van der Waals surface area contributed by atoms with Crippen LogP contribution in [0.15, 0.2) is 78.9 Å². The normalized spacial score (nSPS) is 11.9. The third kappa shape index (κ3) is 4.00. The maximum absolute atomic E-state index is 13.0. The molecule has 4 aromatic carbocycles. The largest absolute Gasteiger partial charge is 0.452 e. The van der Waals surface area contributed by atoms with E-state index in [-0.39, 0.29) is 18.6 Å². The Labute approximate surface area is 179 Å². The highest BCUT2D eigenvalue weighted by atomic mass is 35.5. The zero-order valence-electron chi connectivity index (χ0n) is 16.4. The van der Waals surface area contributed by atoms with Crippen molar-refractivity contribution in [1.29, 1.82) is 0 Å². The molecule has 0 aliphatic carbocycles. The van der Waals surface area contributed by atoms with E-state index in [9.17, 15) is 9.59 Å². The zero-order chi connectivity index (χ0) is 21.1. The maximum Gasteiger partial charge on any atom is 0.339 e. The van der Waals surface area contributed by atoms with Crippen LogP contribution in [-0.2, 0) is 9.53 Å². The molecule has 1 atom stereocenters. The molecular weight excluding hydrogens is 398 g/mol. The van der Waals surface area contributed by atoms with E-state index < -0.39 is 5.97 Å². The first kappa shape index (κ1) is 19.9. The summed E-state index contributed by atoms with van der Waals surface area (Å²) in [6.07, 6.45) is 0. The van der Waals surface area contributed by atoms with E-state index in [4.69, 9.17) is 16.3 Å². The molecule has 150 valence electrons. The minimum atomic E-state index is -0.524. The topological polar surface area (TPSA) is 55.4 Å². The first-order valence-corrected chi connectivity index (χ1v) is 10.0. The highest BCUT2D eigenvalue weighted by Gasteiger charge is 2.18. The fourth-order valence-electron chi connectivity index (χ4n) is 3.62. The summed E-state index contributed by atoms with van der Waals surface area (Å²) in [7, 11) is 0. The van der Waals surface area contributed by atoms with Gasteiger partial charge in [0.25, 0.3) is 5.91 Å². The van der Waals surface area contributed by atoms with Crippen molar-refractivity contribution in [2.75, 3.05) is 6.61 Å². The minimum absolute atomic E-state index is 0.303. The molecule has 1 amide bonds. The van der Waals surface area contributed by atoms with Crippen LogP contribution in [0.2, 0.25) is 5.02 Å². The Bertz CT molecular complexity index is 1200. The first-order chi connectivity index (χ1) is 14.5. The second-order valence-electron chi connectivity index (χ2n) is 7.08. The van der Waals surface area contributed by atoms with E-state index >= 15 is 0 Å². The molecule has 4 rings (SSSR count). The van der Waals surface area contributed by atoms with Crippen LogP contribution in [0.4, 0.5) is 0 Å². The summed E-state index contributed by atoms with van der Waals surface area (Å²) in [5, 5.41) is 6.87. The molecule has 4 aromatic rings. The number of fused-ring (bicyclic) bond motifs is 2. The van der Waals surface area contributed by atoms with Crippen LogP contribution in [0.5, 0.6) is 0 Å². The average Bonchev–Trinajstić information content (AvgIpc) is 2.76. The van der Waals surface area contributed by atoms with Crippen molar-refractivity contribution in [1.82, 2.24) is 5.32 Å². The van der Waals surface area contributed by atoms with Gasteiger partial charge >= 0.3 is 5.97 Å². The van der Waals surface area contributed by atoms with Gasteiger partial charge in [0.05, 0.1) is 11.6 Å². The number of amides is 1. The molecule has 0 bridgehead atoms. The highest BCUT2D eigenvalue weighted by molar-refractivity contribution is 6.31. The van der Waals surface area contributed by atoms with Gasteiger partial charge in [-0.1, -0.05) is 78.3 Å². The fraction of sp³-hybridized carbons (Fsp3) is 0.120. The standard InChI is InChI=1S/C25H20ClNO3/c1-16(19-10-6-7-13-22(19)26)27-23(28)15-30-25(29)24-20-11-4-2-8-17(20)14-18-9-3-5-12-21(18)24/h2-14,16H,15H2,1H3,(H,27,28)/t16-/m0/s1. The number of carbonyl (C=O) groups is 2. The number of halogens is 1. The number of rotatable bonds is 5. The summed E-state index contributed by atoms with van der Waals surface area (Å²) < 4.78 is 5.39. The third-order valence-corrected chi connectivity index (χ3v) is 5.40. The molecule has 0 heterocycles. The van der Waals surface area contributed by atoms with Gasteiger partial charge in [0.2, 0.25) is 0 Å². The smallest absolute Gasteiger partial charge is 0.339 e. The van der Waals surface area contributed by atoms with Crippen LogP contribution in [-0.4, -0.2) is 18.5 Å².